The second-order valence-corrected chi connectivity index (χ2v) is 8.23. The van der Waals surface area contributed by atoms with Crippen LogP contribution in [0.15, 0.2) is 36.4 Å². The monoisotopic (exact) mass is 462 g/mol. The normalized spacial score (nSPS) is 13.9. The standard InChI is InChI=1S/C24H22ClF3N2O2/c1-2-20-17(22(32-24(27)28)16-7-4-8-19(26)21(16)30-20)11-13-9-10-14(12-18(13)25)23(31)29-15-5-3-6-15/h4,7-10,12,15,24H,2-3,5-6,11H2,1H3,(H,29,31). The molecule has 0 bridgehead atoms. The molecule has 1 saturated carbocycles. The van der Waals surface area contributed by atoms with E-state index in [1.54, 1.807) is 25.1 Å². The summed E-state index contributed by atoms with van der Waals surface area (Å²) >= 11 is 6.46. The zero-order chi connectivity index (χ0) is 22.8. The van der Waals surface area contributed by atoms with E-state index < -0.39 is 12.4 Å². The first-order valence-corrected chi connectivity index (χ1v) is 10.9. The average molecular weight is 463 g/mol. The first-order chi connectivity index (χ1) is 15.4. The number of alkyl halides is 2. The quantitative estimate of drug-likeness (QED) is 0.464. The number of aryl methyl sites for hydroxylation is 1. The fourth-order valence-electron chi connectivity index (χ4n) is 3.85. The number of rotatable bonds is 7. The van der Waals surface area contributed by atoms with Crippen LogP contribution in [0.1, 0.15) is 53.4 Å². The fraction of sp³-hybridized carbons (Fsp3) is 0.333. The molecule has 0 atom stereocenters. The lowest BCUT2D eigenvalue weighted by molar-refractivity contribution is -0.0494. The smallest absolute Gasteiger partial charge is 0.387 e. The molecular formula is C24H22ClF3N2O2. The van der Waals surface area contributed by atoms with Gasteiger partial charge in [0.1, 0.15) is 17.1 Å². The predicted molar refractivity (Wildman–Crippen MR) is 117 cm³/mol. The van der Waals surface area contributed by atoms with Gasteiger partial charge in [0.05, 0.1) is 0 Å². The van der Waals surface area contributed by atoms with Crippen molar-refractivity contribution in [1.82, 2.24) is 10.3 Å². The maximum Gasteiger partial charge on any atom is 0.387 e. The minimum absolute atomic E-state index is 0.0159. The summed E-state index contributed by atoms with van der Waals surface area (Å²) in [6.45, 7) is -1.28. The Morgan fingerprint density at radius 3 is 2.69 bits per heavy atom. The number of carbonyl (C=O) groups is 1. The molecule has 0 radical (unpaired) electrons. The van der Waals surface area contributed by atoms with Crippen LogP contribution in [-0.4, -0.2) is 23.5 Å². The first kappa shape index (κ1) is 22.4. The van der Waals surface area contributed by atoms with Gasteiger partial charge in [-0.2, -0.15) is 8.78 Å². The summed E-state index contributed by atoms with van der Waals surface area (Å²) in [4.78, 5) is 16.8. The number of nitrogens with zero attached hydrogens (tertiary/aromatic N) is 1. The molecule has 0 unspecified atom stereocenters. The number of benzene rings is 2. The summed E-state index contributed by atoms with van der Waals surface area (Å²) in [7, 11) is 0. The minimum Gasteiger partial charge on any atom is -0.434 e. The molecule has 1 amide bonds. The van der Waals surface area contributed by atoms with Crippen molar-refractivity contribution >= 4 is 28.4 Å². The van der Waals surface area contributed by atoms with E-state index in [4.69, 9.17) is 16.3 Å². The average Bonchev–Trinajstić information content (AvgIpc) is 2.73. The van der Waals surface area contributed by atoms with Crippen LogP contribution in [0.5, 0.6) is 5.75 Å². The Morgan fingerprint density at radius 1 is 1.28 bits per heavy atom. The molecule has 4 rings (SSSR count). The van der Waals surface area contributed by atoms with E-state index >= 15 is 0 Å². The van der Waals surface area contributed by atoms with Gasteiger partial charge in [-0.15, -0.1) is 0 Å². The van der Waals surface area contributed by atoms with Gasteiger partial charge in [-0.1, -0.05) is 30.7 Å². The molecule has 2 aromatic carbocycles. The summed E-state index contributed by atoms with van der Waals surface area (Å²) in [6, 6.07) is 9.27. The van der Waals surface area contributed by atoms with Crippen molar-refractivity contribution in [3.8, 4) is 5.75 Å². The predicted octanol–water partition coefficient (Wildman–Crippen LogP) is 6.06. The van der Waals surface area contributed by atoms with Gasteiger partial charge in [-0.25, -0.2) is 9.37 Å². The number of fused-ring (bicyclic) bond motifs is 1. The number of aromatic nitrogens is 1. The minimum atomic E-state index is -3.08. The van der Waals surface area contributed by atoms with Gasteiger partial charge in [0, 0.05) is 39.7 Å². The van der Waals surface area contributed by atoms with E-state index in [-0.39, 0.29) is 35.0 Å². The number of pyridine rings is 1. The molecule has 1 fully saturated rings. The lowest BCUT2D eigenvalue weighted by atomic mass is 9.93. The van der Waals surface area contributed by atoms with Gasteiger partial charge in [0.25, 0.3) is 5.91 Å². The second-order valence-electron chi connectivity index (χ2n) is 7.82. The number of ether oxygens (including phenoxy) is 1. The van der Waals surface area contributed by atoms with Gasteiger partial charge in [-0.05, 0) is 55.5 Å². The third kappa shape index (κ3) is 4.53. The Balaban J connectivity index is 1.72. The van der Waals surface area contributed by atoms with E-state index in [0.717, 1.165) is 19.3 Å². The summed E-state index contributed by atoms with van der Waals surface area (Å²) in [5, 5.41) is 3.46. The summed E-state index contributed by atoms with van der Waals surface area (Å²) in [6.07, 6.45) is 3.59. The lowest BCUT2D eigenvalue weighted by Gasteiger charge is -2.26. The molecule has 0 aliphatic heterocycles. The molecule has 4 nitrogen and oxygen atoms in total. The highest BCUT2D eigenvalue weighted by Crippen LogP contribution is 2.36. The summed E-state index contributed by atoms with van der Waals surface area (Å²) < 4.78 is 45.7. The Bertz CT molecular complexity index is 1170. The maximum atomic E-state index is 14.3. The molecule has 8 heteroatoms. The third-order valence-corrected chi connectivity index (χ3v) is 6.12. The van der Waals surface area contributed by atoms with E-state index in [1.807, 2.05) is 0 Å². The van der Waals surface area contributed by atoms with Crippen molar-refractivity contribution in [1.29, 1.82) is 0 Å². The molecule has 1 aliphatic carbocycles. The molecule has 32 heavy (non-hydrogen) atoms. The molecule has 1 N–H and O–H groups in total. The van der Waals surface area contributed by atoms with Crippen molar-refractivity contribution in [2.24, 2.45) is 0 Å². The summed E-state index contributed by atoms with van der Waals surface area (Å²) in [5.74, 6) is -0.908. The molecular weight excluding hydrogens is 441 g/mol. The van der Waals surface area contributed by atoms with E-state index in [0.29, 0.717) is 33.8 Å². The molecule has 168 valence electrons. The highest BCUT2D eigenvalue weighted by Gasteiger charge is 2.23. The molecule has 0 saturated heterocycles. The lowest BCUT2D eigenvalue weighted by Crippen LogP contribution is -2.39. The molecule has 1 heterocycles. The van der Waals surface area contributed by atoms with Crippen LogP contribution in [0.4, 0.5) is 13.2 Å². The number of halogens is 4. The van der Waals surface area contributed by atoms with Crippen molar-refractivity contribution in [2.75, 3.05) is 0 Å². The first-order valence-electron chi connectivity index (χ1n) is 10.5. The zero-order valence-electron chi connectivity index (χ0n) is 17.4. The van der Waals surface area contributed by atoms with Crippen LogP contribution >= 0.6 is 11.6 Å². The number of amides is 1. The van der Waals surface area contributed by atoms with E-state index in [1.165, 1.54) is 18.2 Å². The van der Waals surface area contributed by atoms with Crippen LogP contribution in [-0.2, 0) is 12.8 Å². The number of nitrogens with one attached hydrogen (secondary N) is 1. The van der Waals surface area contributed by atoms with Crippen molar-refractivity contribution in [3.63, 3.8) is 0 Å². The number of hydrogen-bond acceptors (Lipinski definition) is 3. The Morgan fingerprint density at radius 2 is 2.06 bits per heavy atom. The largest absolute Gasteiger partial charge is 0.434 e. The van der Waals surface area contributed by atoms with Crippen LogP contribution in [0.25, 0.3) is 10.9 Å². The Hall–Kier alpha value is -2.80. The van der Waals surface area contributed by atoms with Crippen molar-refractivity contribution < 1.29 is 22.7 Å². The molecule has 1 aromatic heterocycles. The van der Waals surface area contributed by atoms with Crippen molar-refractivity contribution in [3.05, 3.63) is 69.6 Å². The van der Waals surface area contributed by atoms with E-state index in [2.05, 4.69) is 10.3 Å². The van der Waals surface area contributed by atoms with Gasteiger partial charge < -0.3 is 10.1 Å². The van der Waals surface area contributed by atoms with Gasteiger partial charge in [-0.3, -0.25) is 4.79 Å². The third-order valence-electron chi connectivity index (χ3n) is 5.77. The molecule has 3 aromatic rings. The second kappa shape index (κ2) is 9.36. The van der Waals surface area contributed by atoms with Gasteiger partial charge >= 0.3 is 6.61 Å². The number of hydrogen-bond donors (Lipinski definition) is 1. The summed E-state index contributed by atoms with van der Waals surface area (Å²) in [5.41, 5.74) is 1.90. The highest BCUT2D eigenvalue weighted by atomic mass is 35.5. The SMILES string of the molecule is CCc1nc2c(F)cccc2c(OC(F)F)c1Cc1ccc(C(=O)NC2CCC2)cc1Cl. The Kier molecular flexibility index (Phi) is 6.55. The van der Waals surface area contributed by atoms with Crippen LogP contribution in [0, 0.1) is 5.82 Å². The van der Waals surface area contributed by atoms with Crippen LogP contribution in [0.2, 0.25) is 5.02 Å². The molecule has 1 aliphatic rings. The highest BCUT2D eigenvalue weighted by molar-refractivity contribution is 6.31. The topological polar surface area (TPSA) is 51.2 Å². The van der Waals surface area contributed by atoms with Gasteiger partial charge in [0.2, 0.25) is 0 Å². The number of carbonyl (C=O) groups excluding carboxylic acids is 1. The van der Waals surface area contributed by atoms with E-state index in [9.17, 15) is 18.0 Å². The van der Waals surface area contributed by atoms with Crippen LogP contribution in [0.3, 0.4) is 0 Å². The van der Waals surface area contributed by atoms with Crippen LogP contribution < -0.4 is 10.1 Å². The van der Waals surface area contributed by atoms with Gasteiger partial charge in [0.15, 0.2) is 0 Å². The molecule has 0 spiro atoms. The fourth-order valence-corrected chi connectivity index (χ4v) is 4.10. The number of para-hydroxylation sites is 1. The Labute approximate surface area is 188 Å². The van der Waals surface area contributed by atoms with Crippen molar-refractivity contribution in [2.45, 2.75) is 51.7 Å². The zero-order valence-corrected chi connectivity index (χ0v) is 18.2. The maximum absolute atomic E-state index is 14.3.